The predicted molar refractivity (Wildman–Crippen MR) is 92.6 cm³/mol. The van der Waals surface area contributed by atoms with Crippen LogP contribution in [0, 0.1) is 6.92 Å². The number of aliphatic hydroxyl groups is 1. The number of nitrogens with zero attached hydrogens (tertiary/aromatic N) is 3. The summed E-state index contributed by atoms with van der Waals surface area (Å²) in [5.74, 6) is 0.857. The summed E-state index contributed by atoms with van der Waals surface area (Å²) in [5, 5.41) is 11.3. The molecule has 0 saturated heterocycles. The van der Waals surface area contributed by atoms with E-state index < -0.39 is 6.10 Å². The SMILES string of the molecule is CCN(CC(O)c1ccc(C)cc1)c1nc(C(C)(C)C)ns1. The quantitative estimate of drug-likeness (QED) is 0.913. The van der Waals surface area contributed by atoms with E-state index in [1.807, 2.05) is 31.2 Å². The van der Waals surface area contributed by atoms with Crippen LogP contribution in [0.2, 0.25) is 0 Å². The van der Waals surface area contributed by atoms with Gasteiger partial charge in [-0.25, -0.2) is 4.98 Å². The first-order valence-corrected chi connectivity index (χ1v) is 8.42. The van der Waals surface area contributed by atoms with Crippen molar-refractivity contribution in [2.45, 2.75) is 46.1 Å². The molecule has 0 aliphatic heterocycles. The van der Waals surface area contributed by atoms with Crippen LogP contribution in [0.5, 0.6) is 0 Å². The normalized spacial score (nSPS) is 13.2. The third-order valence-electron chi connectivity index (χ3n) is 3.59. The van der Waals surface area contributed by atoms with Gasteiger partial charge in [-0.2, -0.15) is 4.37 Å². The molecule has 0 aliphatic rings. The molecule has 1 unspecified atom stereocenters. The Labute approximate surface area is 137 Å². The van der Waals surface area contributed by atoms with Gasteiger partial charge < -0.3 is 10.0 Å². The molecule has 0 saturated carbocycles. The Kier molecular flexibility index (Phi) is 5.19. The van der Waals surface area contributed by atoms with Crippen LogP contribution in [0.3, 0.4) is 0 Å². The summed E-state index contributed by atoms with van der Waals surface area (Å²) in [5.41, 5.74) is 2.08. The first kappa shape index (κ1) is 16.9. The second-order valence-corrected chi connectivity index (χ2v) is 7.35. The molecule has 1 heterocycles. The van der Waals surface area contributed by atoms with Crippen LogP contribution in [-0.2, 0) is 5.41 Å². The summed E-state index contributed by atoms with van der Waals surface area (Å²) in [4.78, 5) is 6.72. The molecule has 1 aromatic heterocycles. The van der Waals surface area contributed by atoms with Crippen molar-refractivity contribution in [2.75, 3.05) is 18.0 Å². The lowest BCUT2D eigenvalue weighted by Gasteiger charge is -2.23. The molecule has 1 atom stereocenters. The van der Waals surface area contributed by atoms with Crippen LogP contribution >= 0.6 is 11.5 Å². The first-order valence-electron chi connectivity index (χ1n) is 7.65. The van der Waals surface area contributed by atoms with E-state index in [1.165, 1.54) is 17.1 Å². The van der Waals surface area contributed by atoms with Crippen molar-refractivity contribution in [2.24, 2.45) is 0 Å². The smallest absolute Gasteiger partial charge is 0.205 e. The van der Waals surface area contributed by atoms with Crippen molar-refractivity contribution in [1.82, 2.24) is 9.36 Å². The van der Waals surface area contributed by atoms with Crippen LogP contribution in [0.4, 0.5) is 5.13 Å². The van der Waals surface area contributed by atoms with E-state index in [1.54, 1.807) is 0 Å². The van der Waals surface area contributed by atoms with Gasteiger partial charge in [0, 0.05) is 23.5 Å². The second kappa shape index (κ2) is 6.75. The predicted octanol–water partition coefficient (Wildman–Crippen LogP) is 3.70. The van der Waals surface area contributed by atoms with Crippen molar-refractivity contribution in [1.29, 1.82) is 0 Å². The molecule has 2 rings (SSSR count). The second-order valence-electron chi connectivity index (χ2n) is 6.62. The molecule has 0 spiro atoms. The Morgan fingerprint density at radius 1 is 1.23 bits per heavy atom. The molecule has 1 aromatic carbocycles. The highest BCUT2D eigenvalue weighted by Gasteiger charge is 2.22. The number of aryl methyl sites for hydroxylation is 1. The molecular weight excluding hydrogens is 294 g/mol. The zero-order valence-electron chi connectivity index (χ0n) is 14.0. The minimum atomic E-state index is -0.525. The maximum Gasteiger partial charge on any atom is 0.205 e. The lowest BCUT2D eigenvalue weighted by Crippen LogP contribution is -2.28. The zero-order chi connectivity index (χ0) is 16.3. The number of aromatic nitrogens is 2. The molecule has 1 N–H and O–H groups in total. The van der Waals surface area contributed by atoms with Crippen molar-refractivity contribution in [3.05, 3.63) is 41.2 Å². The molecule has 4 nitrogen and oxygen atoms in total. The third-order valence-corrected chi connectivity index (χ3v) is 4.37. The number of hydrogen-bond acceptors (Lipinski definition) is 5. The van der Waals surface area contributed by atoms with E-state index in [0.717, 1.165) is 23.1 Å². The number of anilines is 1. The van der Waals surface area contributed by atoms with Crippen molar-refractivity contribution < 1.29 is 5.11 Å². The van der Waals surface area contributed by atoms with Gasteiger partial charge in [-0.15, -0.1) is 0 Å². The summed E-state index contributed by atoms with van der Waals surface area (Å²) in [7, 11) is 0. The summed E-state index contributed by atoms with van der Waals surface area (Å²) in [6, 6.07) is 8.01. The largest absolute Gasteiger partial charge is 0.387 e. The lowest BCUT2D eigenvalue weighted by atomic mass is 9.96. The fourth-order valence-electron chi connectivity index (χ4n) is 2.09. The Morgan fingerprint density at radius 3 is 2.36 bits per heavy atom. The van der Waals surface area contributed by atoms with Crippen LogP contribution in [0.15, 0.2) is 24.3 Å². The zero-order valence-corrected chi connectivity index (χ0v) is 14.8. The van der Waals surface area contributed by atoms with E-state index in [4.69, 9.17) is 0 Å². The Hall–Kier alpha value is -1.46. The summed E-state index contributed by atoms with van der Waals surface area (Å²) in [6.07, 6.45) is -0.525. The number of benzene rings is 1. The molecule has 5 heteroatoms. The van der Waals surface area contributed by atoms with Gasteiger partial charge in [-0.3, -0.25) is 0 Å². The van der Waals surface area contributed by atoms with Gasteiger partial charge in [0.25, 0.3) is 0 Å². The lowest BCUT2D eigenvalue weighted by molar-refractivity contribution is 0.183. The summed E-state index contributed by atoms with van der Waals surface area (Å²) >= 11 is 1.40. The van der Waals surface area contributed by atoms with E-state index in [-0.39, 0.29) is 5.41 Å². The minimum absolute atomic E-state index is 0.0519. The van der Waals surface area contributed by atoms with Gasteiger partial charge >= 0.3 is 0 Å². The van der Waals surface area contributed by atoms with E-state index in [9.17, 15) is 5.11 Å². The van der Waals surface area contributed by atoms with Gasteiger partial charge in [0.1, 0.15) is 5.82 Å². The standard InChI is InChI=1S/C17H25N3OS/c1-6-20(16-18-15(19-22-16)17(3,4)5)11-14(21)13-9-7-12(2)8-10-13/h7-10,14,21H,6,11H2,1-5H3. The topological polar surface area (TPSA) is 49.2 Å². The molecular formula is C17H25N3OS. The Balaban J connectivity index is 2.11. The van der Waals surface area contributed by atoms with Crippen LogP contribution in [-0.4, -0.2) is 27.6 Å². The molecule has 22 heavy (non-hydrogen) atoms. The Bertz CT molecular complexity index is 601. The van der Waals surface area contributed by atoms with Crippen LogP contribution in [0.25, 0.3) is 0 Å². The number of hydrogen-bond donors (Lipinski definition) is 1. The maximum atomic E-state index is 10.5. The van der Waals surface area contributed by atoms with Crippen LogP contribution in [0.1, 0.15) is 50.8 Å². The van der Waals surface area contributed by atoms with E-state index in [2.05, 4.69) is 42.0 Å². The summed E-state index contributed by atoms with van der Waals surface area (Å²) < 4.78 is 4.46. The van der Waals surface area contributed by atoms with Crippen molar-refractivity contribution in [3.63, 3.8) is 0 Å². The fourth-order valence-corrected chi connectivity index (χ4v) is 3.02. The molecule has 0 aliphatic carbocycles. The fraction of sp³-hybridized carbons (Fsp3) is 0.529. The molecule has 0 fully saturated rings. The highest BCUT2D eigenvalue weighted by Crippen LogP contribution is 2.26. The number of likely N-dealkylation sites (N-methyl/N-ethyl adjacent to an activating group) is 1. The monoisotopic (exact) mass is 319 g/mol. The molecule has 0 bridgehead atoms. The van der Waals surface area contributed by atoms with Gasteiger partial charge in [0.05, 0.1) is 12.6 Å². The highest BCUT2D eigenvalue weighted by atomic mass is 32.1. The van der Waals surface area contributed by atoms with Gasteiger partial charge in [-0.1, -0.05) is 50.6 Å². The third kappa shape index (κ3) is 4.05. The van der Waals surface area contributed by atoms with E-state index >= 15 is 0 Å². The average Bonchev–Trinajstić information content (AvgIpc) is 2.95. The van der Waals surface area contributed by atoms with E-state index in [0.29, 0.717) is 6.54 Å². The van der Waals surface area contributed by atoms with Gasteiger partial charge in [0.15, 0.2) is 0 Å². The van der Waals surface area contributed by atoms with Gasteiger partial charge in [-0.05, 0) is 19.4 Å². The maximum absolute atomic E-state index is 10.5. The average molecular weight is 319 g/mol. The first-order chi connectivity index (χ1) is 10.3. The van der Waals surface area contributed by atoms with Crippen molar-refractivity contribution in [3.8, 4) is 0 Å². The molecule has 2 aromatic rings. The highest BCUT2D eigenvalue weighted by molar-refractivity contribution is 7.09. The number of aliphatic hydroxyl groups excluding tert-OH is 1. The van der Waals surface area contributed by atoms with Gasteiger partial charge in [0.2, 0.25) is 5.13 Å². The van der Waals surface area contributed by atoms with Crippen molar-refractivity contribution >= 4 is 16.7 Å². The molecule has 120 valence electrons. The molecule has 0 amide bonds. The number of rotatable bonds is 5. The summed E-state index contributed by atoms with van der Waals surface area (Å²) in [6.45, 7) is 11.8. The Morgan fingerprint density at radius 2 is 1.86 bits per heavy atom. The minimum Gasteiger partial charge on any atom is -0.387 e. The van der Waals surface area contributed by atoms with Crippen LogP contribution < -0.4 is 4.90 Å². The molecule has 0 radical (unpaired) electrons.